The van der Waals surface area contributed by atoms with Crippen LogP contribution < -0.4 is 0 Å². The topological polar surface area (TPSA) is 100 Å². The quantitative estimate of drug-likeness (QED) is 0.742. The molecule has 1 fully saturated rings. The molecule has 1 atom stereocenters. The lowest BCUT2D eigenvalue weighted by Crippen LogP contribution is -2.49. The fourth-order valence-corrected chi connectivity index (χ4v) is 4.05. The minimum Gasteiger partial charge on any atom is -0.480 e. The maximum atomic E-state index is 11.8. The number of rotatable bonds is 7. The highest BCUT2D eigenvalue weighted by Gasteiger charge is 2.28. The van der Waals surface area contributed by atoms with Gasteiger partial charge in [-0.1, -0.05) is 24.3 Å². The zero-order valence-electron chi connectivity index (χ0n) is 15.1. The molecule has 1 aliphatic heterocycles. The number of aromatic nitrogens is 1. The van der Waals surface area contributed by atoms with Gasteiger partial charge < -0.3 is 9.84 Å². The second kappa shape index (κ2) is 8.30. The Hall–Kier alpha value is -2.07. The Labute approximate surface area is 158 Å². The number of nitrogens with zero attached hydrogens (tertiary/aromatic N) is 3. The molecule has 0 spiro atoms. The first kappa shape index (κ1) is 19.7. The van der Waals surface area contributed by atoms with E-state index in [-0.39, 0.29) is 12.6 Å². The van der Waals surface area contributed by atoms with E-state index in [9.17, 15) is 13.2 Å². The molecule has 1 aliphatic rings. The largest absolute Gasteiger partial charge is 0.480 e. The number of hydrogen-bond acceptors (Lipinski definition) is 6. The fraction of sp³-hybridized carbons (Fsp3) is 0.444. The van der Waals surface area contributed by atoms with Crippen LogP contribution in [0.5, 0.6) is 0 Å². The van der Waals surface area contributed by atoms with Crippen LogP contribution in [0.3, 0.4) is 0 Å². The Kier molecular flexibility index (Phi) is 6.05. The summed E-state index contributed by atoms with van der Waals surface area (Å²) in [7, 11) is -3.62. The van der Waals surface area contributed by atoms with E-state index in [4.69, 9.17) is 9.84 Å². The molecule has 1 N–H and O–H groups in total. The number of aliphatic carboxylic acids is 1. The zero-order valence-corrected chi connectivity index (χ0v) is 15.9. The van der Waals surface area contributed by atoms with Crippen molar-refractivity contribution in [3.05, 3.63) is 42.1 Å². The van der Waals surface area contributed by atoms with Gasteiger partial charge in [0, 0.05) is 37.8 Å². The molecule has 2 aromatic rings. The second-order valence-electron chi connectivity index (χ2n) is 6.67. The number of benzene rings is 1. The highest BCUT2D eigenvalue weighted by atomic mass is 32.2. The van der Waals surface area contributed by atoms with Crippen molar-refractivity contribution in [1.29, 1.82) is 0 Å². The first-order valence-electron chi connectivity index (χ1n) is 8.66. The van der Waals surface area contributed by atoms with Gasteiger partial charge in [-0.2, -0.15) is 4.31 Å². The number of morpholine rings is 1. The van der Waals surface area contributed by atoms with Crippen molar-refractivity contribution in [2.24, 2.45) is 0 Å². The SMILES string of the molecule is CS(=O)(=O)N(CC(=O)O)CC1CN(Cc2cccc3cccnc23)CCO1. The van der Waals surface area contributed by atoms with Crippen LogP contribution >= 0.6 is 0 Å². The average Bonchev–Trinajstić information content (AvgIpc) is 2.61. The molecule has 0 bridgehead atoms. The predicted octanol–water partition coefficient (Wildman–Crippen LogP) is 0.782. The number of fused-ring (bicyclic) bond motifs is 1. The maximum absolute atomic E-state index is 11.8. The summed E-state index contributed by atoms with van der Waals surface area (Å²) in [5.74, 6) is -1.19. The lowest BCUT2D eigenvalue weighted by molar-refractivity contribution is -0.137. The predicted molar refractivity (Wildman–Crippen MR) is 101 cm³/mol. The molecule has 1 saturated heterocycles. The summed E-state index contributed by atoms with van der Waals surface area (Å²) in [5, 5.41) is 10.0. The van der Waals surface area contributed by atoms with Crippen LogP contribution in [0.2, 0.25) is 0 Å². The van der Waals surface area contributed by atoms with E-state index in [1.807, 2.05) is 30.3 Å². The van der Waals surface area contributed by atoms with Crippen LogP contribution in [-0.4, -0.2) is 78.8 Å². The maximum Gasteiger partial charge on any atom is 0.318 e. The second-order valence-corrected chi connectivity index (χ2v) is 8.65. The molecule has 0 aliphatic carbocycles. The number of ether oxygens (including phenoxy) is 1. The van der Waals surface area contributed by atoms with Crippen molar-refractivity contribution in [2.75, 3.05) is 39.0 Å². The molecule has 27 heavy (non-hydrogen) atoms. The molecular weight excluding hydrogens is 370 g/mol. The van der Waals surface area contributed by atoms with E-state index in [0.29, 0.717) is 19.7 Å². The summed E-state index contributed by atoms with van der Waals surface area (Å²) in [6.07, 6.45) is 2.40. The monoisotopic (exact) mass is 393 g/mol. The Balaban J connectivity index is 1.69. The Morgan fingerprint density at radius 1 is 1.37 bits per heavy atom. The van der Waals surface area contributed by atoms with Crippen LogP contribution in [0.15, 0.2) is 36.5 Å². The molecule has 1 aromatic heterocycles. The summed E-state index contributed by atoms with van der Waals surface area (Å²) < 4.78 is 30.3. The molecule has 1 aromatic carbocycles. The van der Waals surface area contributed by atoms with Gasteiger partial charge in [0.05, 0.1) is 24.5 Å². The van der Waals surface area contributed by atoms with Crippen molar-refractivity contribution in [3.8, 4) is 0 Å². The molecule has 0 radical (unpaired) electrons. The number of sulfonamides is 1. The van der Waals surface area contributed by atoms with E-state index in [1.165, 1.54) is 0 Å². The Morgan fingerprint density at radius 2 is 2.15 bits per heavy atom. The number of para-hydroxylation sites is 1. The molecule has 1 unspecified atom stereocenters. The van der Waals surface area contributed by atoms with Gasteiger partial charge in [0.2, 0.25) is 10.0 Å². The van der Waals surface area contributed by atoms with Crippen LogP contribution in [0.1, 0.15) is 5.56 Å². The number of carboxylic acids is 1. The highest BCUT2D eigenvalue weighted by molar-refractivity contribution is 7.88. The van der Waals surface area contributed by atoms with Gasteiger partial charge in [-0.3, -0.25) is 14.7 Å². The minimum atomic E-state index is -3.62. The van der Waals surface area contributed by atoms with Crippen LogP contribution in [-0.2, 0) is 26.1 Å². The molecule has 8 nitrogen and oxygen atoms in total. The van der Waals surface area contributed by atoms with E-state index in [2.05, 4.69) is 9.88 Å². The van der Waals surface area contributed by atoms with E-state index in [1.54, 1.807) is 6.20 Å². The van der Waals surface area contributed by atoms with Crippen LogP contribution in [0.25, 0.3) is 10.9 Å². The molecule has 0 amide bonds. The first-order chi connectivity index (χ1) is 12.8. The molecule has 2 heterocycles. The number of pyridine rings is 1. The van der Waals surface area contributed by atoms with Gasteiger partial charge in [0.1, 0.15) is 6.54 Å². The summed E-state index contributed by atoms with van der Waals surface area (Å²) >= 11 is 0. The third-order valence-electron chi connectivity index (χ3n) is 4.52. The summed E-state index contributed by atoms with van der Waals surface area (Å²) in [4.78, 5) is 17.6. The third kappa shape index (κ3) is 5.23. The number of carbonyl (C=O) groups is 1. The zero-order chi connectivity index (χ0) is 19.4. The van der Waals surface area contributed by atoms with Gasteiger partial charge in [-0.05, 0) is 11.6 Å². The Morgan fingerprint density at radius 3 is 2.89 bits per heavy atom. The fourth-order valence-electron chi connectivity index (χ4n) is 3.27. The number of hydrogen-bond donors (Lipinski definition) is 1. The summed E-state index contributed by atoms with van der Waals surface area (Å²) in [6.45, 7) is 1.84. The lowest BCUT2D eigenvalue weighted by atomic mass is 10.1. The van der Waals surface area contributed by atoms with E-state index >= 15 is 0 Å². The average molecular weight is 393 g/mol. The minimum absolute atomic E-state index is 0.0232. The normalized spacial score (nSPS) is 18.8. The van der Waals surface area contributed by atoms with Gasteiger partial charge >= 0.3 is 5.97 Å². The van der Waals surface area contributed by atoms with Crippen molar-refractivity contribution < 1.29 is 23.1 Å². The van der Waals surface area contributed by atoms with Gasteiger partial charge in [0.15, 0.2) is 0 Å². The molecule has 0 saturated carbocycles. The van der Waals surface area contributed by atoms with Crippen molar-refractivity contribution >= 4 is 26.9 Å². The molecule has 9 heteroatoms. The van der Waals surface area contributed by atoms with E-state index in [0.717, 1.165) is 33.6 Å². The van der Waals surface area contributed by atoms with E-state index < -0.39 is 22.5 Å². The van der Waals surface area contributed by atoms with Crippen molar-refractivity contribution in [2.45, 2.75) is 12.6 Å². The van der Waals surface area contributed by atoms with Crippen molar-refractivity contribution in [3.63, 3.8) is 0 Å². The first-order valence-corrected chi connectivity index (χ1v) is 10.5. The Bertz CT molecular complexity index is 913. The van der Waals surface area contributed by atoms with Crippen molar-refractivity contribution in [1.82, 2.24) is 14.2 Å². The number of carboxylic acid groups (broad SMARTS) is 1. The van der Waals surface area contributed by atoms with Gasteiger partial charge in [-0.15, -0.1) is 0 Å². The van der Waals surface area contributed by atoms with Gasteiger partial charge in [-0.25, -0.2) is 8.42 Å². The molecular formula is C18H23N3O5S. The standard InChI is InChI=1S/C18H23N3O5S/c1-27(24,25)21(13-17(22)23)12-16-11-20(8-9-26-16)10-15-5-2-4-14-6-3-7-19-18(14)15/h2-7,16H,8-13H2,1H3,(H,22,23). The third-order valence-corrected chi connectivity index (χ3v) is 5.74. The smallest absolute Gasteiger partial charge is 0.318 e. The summed E-state index contributed by atoms with van der Waals surface area (Å²) in [5.41, 5.74) is 2.05. The molecule has 146 valence electrons. The summed E-state index contributed by atoms with van der Waals surface area (Å²) in [6, 6.07) is 9.97. The van der Waals surface area contributed by atoms with Crippen LogP contribution in [0, 0.1) is 0 Å². The highest BCUT2D eigenvalue weighted by Crippen LogP contribution is 2.19. The van der Waals surface area contributed by atoms with Crippen LogP contribution in [0.4, 0.5) is 0 Å². The van der Waals surface area contributed by atoms with Gasteiger partial charge in [0.25, 0.3) is 0 Å². The lowest BCUT2D eigenvalue weighted by Gasteiger charge is -2.35. The molecule has 3 rings (SSSR count).